The number of hydrogen-bond acceptors (Lipinski definition) is 2. The quantitative estimate of drug-likeness (QED) is 0.540. The van der Waals surface area contributed by atoms with Crippen molar-refractivity contribution in [2.45, 2.75) is 45.3 Å². The van der Waals surface area contributed by atoms with Crippen molar-refractivity contribution in [2.75, 3.05) is 5.23 Å². The van der Waals surface area contributed by atoms with Gasteiger partial charge in [0.25, 0.3) is 0 Å². The van der Waals surface area contributed by atoms with Crippen LogP contribution in [0.5, 0.6) is 0 Å². The third-order valence-corrected chi connectivity index (χ3v) is 5.66. The minimum Gasteiger partial charge on any atom is -0.405 e. The van der Waals surface area contributed by atoms with Gasteiger partial charge in [-0.15, -0.1) is 0 Å². The summed E-state index contributed by atoms with van der Waals surface area (Å²) >= 11 is 3.45. The Morgan fingerprint density at radius 3 is 2.67 bits per heavy atom. The van der Waals surface area contributed by atoms with E-state index in [-0.39, 0.29) is 12.7 Å². The summed E-state index contributed by atoms with van der Waals surface area (Å²) < 4.78 is 12.1. The molecule has 0 aromatic rings. The molecule has 3 aliphatic carbocycles. The Bertz CT molecular complexity index is 296. The highest BCUT2D eigenvalue weighted by Gasteiger charge is 2.67. The fourth-order valence-electron chi connectivity index (χ4n) is 4.02. The van der Waals surface area contributed by atoms with Crippen LogP contribution >= 0.6 is 15.9 Å². The predicted octanol–water partition coefficient (Wildman–Crippen LogP) is 2.65. The van der Waals surface area contributed by atoms with E-state index in [1.165, 1.54) is 12.8 Å². The summed E-state index contributed by atoms with van der Waals surface area (Å²) in [6.07, 6.45) is 2.85. The summed E-state index contributed by atoms with van der Waals surface area (Å²) in [6.45, 7) is 7.03. The van der Waals surface area contributed by atoms with Crippen LogP contribution in [-0.4, -0.2) is 24.1 Å². The highest BCUT2D eigenvalue weighted by Crippen LogP contribution is 2.65. The number of hydrogen-bond donors (Lipinski definition) is 0. The van der Waals surface area contributed by atoms with Crippen molar-refractivity contribution in [2.24, 2.45) is 17.3 Å². The monoisotopic (exact) mass is 272 g/mol. The first kappa shape index (κ1) is 10.6. The van der Waals surface area contributed by atoms with Crippen molar-refractivity contribution in [3.05, 3.63) is 0 Å². The van der Waals surface area contributed by atoms with E-state index in [1.807, 2.05) is 0 Å². The summed E-state index contributed by atoms with van der Waals surface area (Å²) in [6, 6.07) is 0. The molecule has 84 valence electrons. The third kappa shape index (κ3) is 1.19. The molecule has 0 aromatic heterocycles. The van der Waals surface area contributed by atoms with Crippen molar-refractivity contribution in [1.82, 2.24) is 0 Å². The maximum Gasteiger partial charge on any atom is 0.468 e. The Labute approximate surface area is 100 Å². The first-order chi connectivity index (χ1) is 6.98. The lowest BCUT2D eigenvalue weighted by Crippen LogP contribution is -2.65. The summed E-state index contributed by atoms with van der Waals surface area (Å²) in [5.41, 5.74) is 0.423. The molecule has 3 unspecified atom stereocenters. The average molecular weight is 273 g/mol. The molecule has 15 heavy (non-hydrogen) atoms. The van der Waals surface area contributed by atoms with E-state index in [0.717, 1.165) is 11.1 Å². The first-order valence-corrected chi connectivity index (χ1v) is 7.00. The first-order valence-electron chi connectivity index (χ1n) is 5.87. The average Bonchev–Trinajstić information content (AvgIpc) is 2.53. The van der Waals surface area contributed by atoms with Gasteiger partial charge in [0.1, 0.15) is 0 Å². The SMILES string of the molecule is CC1(C)C2CC3OB(CBr)O[C@]3(C)C1C2. The second-order valence-corrected chi connectivity index (χ2v) is 6.70. The van der Waals surface area contributed by atoms with E-state index in [0.29, 0.717) is 17.4 Å². The molecule has 4 aliphatic rings. The summed E-state index contributed by atoms with van der Waals surface area (Å²) in [5, 5.41) is 0.789. The highest BCUT2D eigenvalue weighted by molar-refractivity contribution is 9.09. The zero-order valence-electron chi connectivity index (χ0n) is 9.63. The standard InChI is InChI=1S/C11H18BBrO2/c1-10(2)7-4-8(10)11(3)9(5-7)14-12(6-13)15-11/h7-9H,4-6H2,1-3H3/t7?,8?,9?,11-/m1/s1. The van der Waals surface area contributed by atoms with Crippen molar-refractivity contribution < 1.29 is 9.31 Å². The van der Waals surface area contributed by atoms with E-state index in [9.17, 15) is 0 Å². The molecule has 0 radical (unpaired) electrons. The van der Waals surface area contributed by atoms with Crippen LogP contribution in [0.1, 0.15) is 33.6 Å². The normalized spacial score (nSPS) is 51.2. The lowest BCUT2D eigenvalue weighted by Gasteiger charge is -2.64. The molecule has 1 heterocycles. The summed E-state index contributed by atoms with van der Waals surface area (Å²) in [5.74, 6) is 1.52. The molecule has 2 bridgehead atoms. The number of halogens is 1. The Balaban J connectivity index is 1.89. The topological polar surface area (TPSA) is 18.5 Å². The lowest BCUT2D eigenvalue weighted by molar-refractivity contribution is -0.199. The van der Waals surface area contributed by atoms with E-state index in [2.05, 4.69) is 36.7 Å². The molecule has 1 saturated heterocycles. The van der Waals surface area contributed by atoms with Gasteiger partial charge in [0, 0.05) is 5.23 Å². The largest absolute Gasteiger partial charge is 0.468 e. The molecule has 4 fully saturated rings. The second-order valence-electron chi connectivity index (χ2n) is 6.05. The molecule has 0 aromatic carbocycles. The fraction of sp³-hybridized carbons (Fsp3) is 1.00. The molecule has 4 atom stereocenters. The number of alkyl halides is 1. The van der Waals surface area contributed by atoms with Gasteiger partial charge in [-0.3, -0.25) is 0 Å². The van der Waals surface area contributed by atoms with E-state index < -0.39 is 0 Å². The van der Waals surface area contributed by atoms with Crippen molar-refractivity contribution in [3.8, 4) is 0 Å². The Kier molecular flexibility index (Phi) is 2.14. The maximum atomic E-state index is 6.12. The van der Waals surface area contributed by atoms with Gasteiger partial charge < -0.3 is 9.31 Å². The van der Waals surface area contributed by atoms with Gasteiger partial charge in [0.05, 0.1) is 11.7 Å². The molecular weight excluding hydrogens is 255 g/mol. The van der Waals surface area contributed by atoms with Crippen LogP contribution in [0.15, 0.2) is 0 Å². The van der Waals surface area contributed by atoms with Gasteiger partial charge in [-0.1, -0.05) is 29.8 Å². The Hall–Kier alpha value is 0.465. The second kappa shape index (κ2) is 3.02. The molecule has 4 heteroatoms. The van der Waals surface area contributed by atoms with Crippen LogP contribution < -0.4 is 0 Å². The smallest absolute Gasteiger partial charge is 0.405 e. The van der Waals surface area contributed by atoms with Crippen LogP contribution in [0, 0.1) is 17.3 Å². The Morgan fingerprint density at radius 1 is 1.33 bits per heavy atom. The zero-order chi connectivity index (χ0) is 10.8. The summed E-state index contributed by atoms with van der Waals surface area (Å²) in [7, 11) is -0.0323. The fourth-order valence-corrected chi connectivity index (χ4v) is 4.30. The van der Waals surface area contributed by atoms with E-state index in [4.69, 9.17) is 9.31 Å². The van der Waals surface area contributed by atoms with Gasteiger partial charge in [-0.05, 0) is 37.0 Å². The molecule has 4 rings (SSSR count). The molecule has 0 spiro atoms. The molecule has 0 amide bonds. The maximum absolute atomic E-state index is 6.12. The van der Waals surface area contributed by atoms with Crippen LogP contribution in [0.25, 0.3) is 0 Å². The van der Waals surface area contributed by atoms with E-state index >= 15 is 0 Å². The molecule has 2 nitrogen and oxygen atoms in total. The van der Waals surface area contributed by atoms with Gasteiger partial charge in [0.2, 0.25) is 0 Å². The van der Waals surface area contributed by atoms with Gasteiger partial charge >= 0.3 is 7.12 Å². The number of rotatable bonds is 1. The molecule has 1 aliphatic heterocycles. The van der Waals surface area contributed by atoms with Crippen LogP contribution in [0.3, 0.4) is 0 Å². The van der Waals surface area contributed by atoms with Crippen molar-refractivity contribution >= 4 is 23.0 Å². The minimum absolute atomic E-state index is 0.0311. The van der Waals surface area contributed by atoms with Gasteiger partial charge in [-0.2, -0.15) is 0 Å². The minimum atomic E-state index is -0.0323. The third-order valence-electron chi connectivity index (χ3n) is 5.13. The van der Waals surface area contributed by atoms with Crippen LogP contribution in [0.4, 0.5) is 0 Å². The zero-order valence-corrected chi connectivity index (χ0v) is 11.2. The van der Waals surface area contributed by atoms with Gasteiger partial charge in [0.15, 0.2) is 0 Å². The lowest BCUT2D eigenvalue weighted by atomic mass is 9.43. The predicted molar refractivity (Wildman–Crippen MR) is 63.9 cm³/mol. The van der Waals surface area contributed by atoms with Crippen molar-refractivity contribution in [1.29, 1.82) is 0 Å². The molecule has 3 saturated carbocycles. The summed E-state index contributed by atoms with van der Waals surface area (Å²) in [4.78, 5) is 0. The van der Waals surface area contributed by atoms with E-state index in [1.54, 1.807) is 0 Å². The van der Waals surface area contributed by atoms with Gasteiger partial charge in [-0.25, -0.2) is 0 Å². The van der Waals surface area contributed by atoms with Crippen LogP contribution in [0.2, 0.25) is 0 Å². The van der Waals surface area contributed by atoms with Crippen molar-refractivity contribution in [3.63, 3.8) is 0 Å². The Morgan fingerprint density at radius 2 is 2.07 bits per heavy atom. The highest BCUT2D eigenvalue weighted by atomic mass is 79.9. The van der Waals surface area contributed by atoms with Crippen LogP contribution in [-0.2, 0) is 9.31 Å². The molecular formula is C11H18BBrO2. The molecule has 0 N–H and O–H groups in total.